The molecular weight excluding hydrogens is 409 g/mol. The van der Waals surface area contributed by atoms with Crippen molar-refractivity contribution in [2.24, 2.45) is 0 Å². The molecule has 0 amide bonds. The summed E-state index contributed by atoms with van der Waals surface area (Å²) in [5, 5.41) is 10.8. The van der Waals surface area contributed by atoms with E-state index in [1.165, 1.54) is 28.8 Å². The number of non-ortho nitro benzene ring substituents is 1. The number of nitrogens with zero attached hydrogens (tertiary/aromatic N) is 2. The van der Waals surface area contributed by atoms with Gasteiger partial charge in [0.25, 0.3) is 5.69 Å². The minimum Gasteiger partial charge on any atom is -0.461 e. The molecule has 0 spiro atoms. The Bertz CT molecular complexity index is 1150. The summed E-state index contributed by atoms with van der Waals surface area (Å²) in [5.41, 5.74) is -0.440. The number of hydrogen-bond acceptors (Lipinski definition) is 6. The van der Waals surface area contributed by atoms with Crippen LogP contribution in [0.4, 0.5) is 18.9 Å². The van der Waals surface area contributed by atoms with Crippen LogP contribution < -0.4 is 5.76 Å². The second-order valence-electron chi connectivity index (χ2n) is 6.39. The number of rotatable bonds is 7. The van der Waals surface area contributed by atoms with Gasteiger partial charge in [0.15, 0.2) is 5.58 Å². The Kier molecular flexibility index (Phi) is 5.90. The molecule has 11 heteroatoms. The van der Waals surface area contributed by atoms with Gasteiger partial charge in [0.2, 0.25) is 0 Å². The Balaban J connectivity index is 1.56. The van der Waals surface area contributed by atoms with Crippen LogP contribution in [0.5, 0.6) is 0 Å². The lowest BCUT2D eigenvalue weighted by Gasteiger charge is -2.09. The molecule has 0 unspecified atom stereocenters. The van der Waals surface area contributed by atoms with Crippen molar-refractivity contribution in [2.75, 3.05) is 0 Å². The number of aromatic nitrogens is 1. The van der Waals surface area contributed by atoms with Gasteiger partial charge in [-0.05, 0) is 30.2 Å². The quantitative estimate of drug-likeness (QED) is 0.322. The number of alkyl halides is 3. The van der Waals surface area contributed by atoms with Gasteiger partial charge >= 0.3 is 17.9 Å². The summed E-state index contributed by atoms with van der Waals surface area (Å²) in [4.78, 5) is 34.0. The maximum Gasteiger partial charge on any atom is 0.419 e. The fourth-order valence-corrected chi connectivity index (χ4v) is 2.84. The van der Waals surface area contributed by atoms with Gasteiger partial charge in [-0.25, -0.2) is 4.79 Å². The average Bonchev–Trinajstić information content (AvgIpc) is 3.00. The first-order valence-electron chi connectivity index (χ1n) is 8.74. The van der Waals surface area contributed by atoms with Gasteiger partial charge < -0.3 is 9.15 Å². The first-order valence-corrected chi connectivity index (χ1v) is 8.74. The SMILES string of the molecule is O=C(CCCn1c(=O)oc2cc([N+](=O)[O-])ccc21)OCc1cccc(C(F)(F)F)c1. The van der Waals surface area contributed by atoms with E-state index >= 15 is 0 Å². The minimum absolute atomic E-state index is 0.0568. The number of fused-ring (bicyclic) bond motifs is 1. The van der Waals surface area contributed by atoms with Crippen molar-refractivity contribution in [2.45, 2.75) is 32.2 Å². The zero-order chi connectivity index (χ0) is 21.9. The molecule has 0 aliphatic carbocycles. The van der Waals surface area contributed by atoms with Crippen LogP contribution in [0.3, 0.4) is 0 Å². The van der Waals surface area contributed by atoms with Gasteiger partial charge in [-0.1, -0.05) is 12.1 Å². The third kappa shape index (κ3) is 4.85. The van der Waals surface area contributed by atoms with Crippen LogP contribution in [0.15, 0.2) is 51.7 Å². The summed E-state index contributed by atoms with van der Waals surface area (Å²) in [7, 11) is 0. The van der Waals surface area contributed by atoms with E-state index in [4.69, 9.17) is 9.15 Å². The molecule has 0 bridgehead atoms. The van der Waals surface area contributed by atoms with Crippen molar-refractivity contribution in [3.05, 3.63) is 74.3 Å². The van der Waals surface area contributed by atoms with E-state index in [0.29, 0.717) is 5.52 Å². The van der Waals surface area contributed by atoms with E-state index in [-0.39, 0.29) is 42.8 Å². The Morgan fingerprint density at radius 2 is 1.97 bits per heavy atom. The third-order valence-electron chi connectivity index (χ3n) is 4.28. The highest BCUT2D eigenvalue weighted by Crippen LogP contribution is 2.29. The number of oxazole rings is 1. The van der Waals surface area contributed by atoms with Gasteiger partial charge in [0.05, 0.1) is 22.1 Å². The number of aryl methyl sites for hydroxylation is 1. The van der Waals surface area contributed by atoms with Crippen LogP contribution in [-0.4, -0.2) is 15.5 Å². The summed E-state index contributed by atoms with van der Waals surface area (Å²) in [6.45, 7) is -0.205. The molecule has 0 atom stereocenters. The van der Waals surface area contributed by atoms with Crippen LogP contribution in [0.1, 0.15) is 24.0 Å². The average molecular weight is 424 g/mol. The van der Waals surface area contributed by atoms with Crippen LogP contribution in [0.25, 0.3) is 11.1 Å². The number of nitro groups is 1. The molecule has 1 heterocycles. The van der Waals surface area contributed by atoms with Crippen molar-refractivity contribution >= 4 is 22.8 Å². The van der Waals surface area contributed by atoms with Crippen LogP contribution in [-0.2, 0) is 28.9 Å². The zero-order valence-corrected chi connectivity index (χ0v) is 15.3. The maximum absolute atomic E-state index is 12.7. The van der Waals surface area contributed by atoms with Crippen LogP contribution >= 0.6 is 0 Å². The highest BCUT2D eigenvalue weighted by atomic mass is 19.4. The zero-order valence-electron chi connectivity index (χ0n) is 15.3. The number of ether oxygens (including phenoxy) is 1. The number of benzene rings is 2. The molecular formula is C19H15F3N2O6. The molecule has 3 aromatic rings. The van der Waals surface area contributed by atoms with Gasteiger partial charge in [-0.15, -0.1) is 0 Å². The predicted octanol–water partition coefficient (Wildman–Crippen LogP) is 4.05. The molecule has 1 aromatic heterocycles. The summed E-state index contributed by atoms with van der Waals surface area (Å²) >= 11 is 0. The van der Waals surface area contributed by atoms with Crippen LogP contribution in [0, 0.1) is 10.1 Å². The monoisotopic (exact) mass is 424 g/mol. The molecule has 158 valence electrons. The van der Waals surface area contributed by atoms with Gasteiger partial charge in [0, 0.05) is 19.0 Å². The number of hydrogen-bond donors (Lipinski definition) is 0. The fraction of sp³-hybridized carbons (Fsp3) is 0.263. The van der Waals surface area contributed by atoms with Gasteiger partial charge in [0.1, 0.15) is 6.61 Å². The number of carbonyl (C=O) groups is 1. The van der Waals surface area contributed by atoms with E-state index in [0.717, 1.165) is 18.2 Å². The molecule has 0 radical (unpaired) electrons. The molecule has 0 aliphatic rings. The molecule has 8 nitrogen and oxygen atoms in total. The molecule has 30 heavy (non-hydrogen) atoms. The summed E-state index contributed by atoms with van der Waals surface area (Å²) in [6.07, 6.45) is -4.36. The number of esters is 1. The first kappa shape index (κ1) is 21.1. The Morgan fingerprint density at radius 1 is 1.20 bits per heavy atom. The van der Waals surface area contributed by atoms with Crippen molar-refractivity contribution in [3.8, 4) is 0 Å². The molecule has 2 aromatic carbocycles. The third-order valence-corrected chi connectivity index (χ3v) is 4.28. The molecule has 0 saturated heterocycles. The lowest BCUT2D eigenvalue weighted by molar-refractivity contribution is -0.384. The van der Waals surface area contributed by atoms with E-state index in [1.807, 2.05) is 0 Å². The Morgan fingerprint density at radius 3 is 2.67 bits per heavy atom. The first-order chi connectivity index (χ1) is 14.1. The highest BCUT2D eigenvalue weighted by molar-refractivity contribution is 5.75. The predicted molar refractivity (Wildman–Crippen MR) is 97.6 cm³/mol. The lowest BCUT2D eigenvalue weighted by atomic mass is 10.1. The molecule has 0 aliphatic heterocycles. The molecule has 0 N–H and O–H groups in total. The standard InChI is InChI=1S/C19H15F3N2O6/c20-19(21,22)13-4-1-3-12(9-13)11-29-17(25)5-2-8-23-15-7-6-14(24(27)28)10-16(15)30-18(23)26/h1,3-4,6-7,9-10H,2,5,8,11H2. The Labute approximate surface area is 166 Å². The number of nitro benzene ring substituents is 1. The Hall–Kier alpha value is -3.63. The van der Waals surface area contributed by atoms with E-state index in [1.54, 1.807) is 0 Å². The van der Waals surface area contributed by atoms with Gasteiger partial charge in [-0.3, -0.25) is 19.5 Å². The van der Waals surface area contributed by atoms with Gasteiger partial charge in [-0.2, -0.15) is 13.2 Å². The summed E-state index contributed by atoms with van der Waals surface area (Å²) in [6, 6.07) is 8.22. The highest BCUT2D eigenvalue weighted by Gasteiger charge is 2.30. The van der Waals surface area contributed by atoms with Crippen molar-refractivity contribution in [1.82, 2.24) is 4.57 Å². The second-order valence-corrected chi connectivity index (χ2v) is 6.39. The number of halogens is 3. The van der Waals surface area contributed by atoms with E-state index in [2.05, 4.69) is 0 Å². The van der Waals surface area contributed by atoms with Crippen molar-refractivity contribution < 1.29 is 32.0 Å². The fourth-order valence-electron chi connectivity index (χ4n) is 2.84. The molecule has 0 saturated carbocycles. The van der Waals surface area contributed by atoms with Crippen LogP contribution in [0.2, 0.25) is 0 Å². The summed E-state index contributed by atoms with van der Waals surface area (Å²) < 4.78 is 49.3. The second kappa shape index (κ2) is 8.39. The number of carbonyl (C=O) groups excluding carboxylic acids is 1. The van der Waals surface area contributed by atoms with E-state index < -0.39 is 28.4 Å². The topological polar surface area (TPSA) is 105 Å². The smallest absolute Gasteiger partial charge is 0.419 e. The maximum atomic E-state index is 12.7. The lowest BCUT2D eigenvalue weighted by Crippen LogP contribution is -2.15. The minimum atomic E-state index is -4.49. The van der Waals surface area contributed by atoms with Crippen molar-refractivity contribution in [1.29, 1.82) is 0 Å². The summed E-state index contributed by atoms with van der Waals surface area (Å²) in [5.74, 6) is -1.35. The molecule has 0 fully saturated rings. The van der Waals surface area contributed by atoms with Crippen molar-refractivity contribution in [3.63, 3.8) is 0 Å². The molecule has 3 rings (SSSR count). The largest absolute Gasteiger partial charge is 0.461 e. The van der Waals surface area contributed by atoms with E-state index in [9.17, 15) is 32.9 Å². The normalized spacial score (nSPS) is 11.6.